The van der Waals surface area contributed by atoms with Gasteiger partial charge in [0.25, 0.3) is 0 Å². The summed E-state index contributed by atoms with van der Waals surface area (Å²) in [5.74, 6) is 1.26. The zero-order valence-corrected chi connectivity index (χ0v) is 17.6. The Morgan fingerprint density at radius 3 is 2.34 bits per heavy atom. The normalized spacial score (nSPS) is 26.6. The van der Waals surface area contributed by atoms with E-state index in [1.165, 1.54) is 12.1 Å². The summed E-state index contributed by atoms with van der Waals surface area (Å²) in [6.45, 7) is 1.99. The SMILES string of the molecule is NC1CCN(C(=O)N2CC(c3ccc(C(F)(F)F)cc3)CC(c3nc(C4CC4)no3)C2)C1. The molecule has 3 atom stereocenters. The van der Waals surface area contributed by atoms with E-state index in [2.05, 4.69) is 10.1 Å². The molecule has 0 bridgehead atoms. The van der Waals surface area contributed by atoms with Crippen LogP contribution in [0.4, 0.5) is 18.0 Å². The highest BCUT2D eigenvalue weighted by Crippen LogP contribution is 2.41. The van der Waals surface area contributed by atoms with E-state index < -0.39 is 11.7 Å². The van der Waals surface area contributed by atoms with Crippen LogP contribution in [0.1, 0.15) is 66.3 Å². The van der Waals surface area contributed by atoms with Crippen LogP contribution in [0, 0.1) is 0 Å². The van der Waals surface area contributed by atoms with Crippen LogP contribution in [0.3, 0.4) is 0 Å². The van der Waals surface area contributed by atoms with Gasteiger partial charge in [0.05, 0.1) is 11.5 Å². The summed E-state index contributed by atoms with van der Waals surface area (Å²) >= 11 is 0. The molecule has 10 heteroatoms. The number of carbonyl (C=O) groups is 1. The zero-order valence-electron chi connectivity index (χ0n) is 17.6. The third-order valence-corrected chi connectivity index (χ3v) is 6.67. The maximum absolute atomic E-state index is 13.2. The van der Waals surface area contributed by atoms with Gasteiger partial charge in [-0.2, -0.15) is 18.2 Å². The topological polar surface area (TPSA) is 88.5 Å². The van der Waals surface area contributed by atoms with Gasteiger partial charge in [-0.05, 0) is 43.4 Å². The van der Waals surface area contributed by atoms with E-state index in [0.29, 0.717) is 50.2 Å². The number of carbonyl (C=O) groups excluding carboxylic acids is 1. The van der Waals surface area contributed by atoms with Gasteiger partial charge in [-0.3, -0.25) is 0 Å². The molecular weight excluding hydrogens is 423 g/mol. The molecule has 5 rings (SSSR count). The first-order valence-electron chi connectivity index (χ1n) is 11.1. The third kappa shape index (κ3) is 4.32. The number of amides is 2. The van der Waals surface area contributed by atoms with Crippen LogP contribution in [0.25, 0.3) is 0 Å². The number of hydrogen-bond donors (Lipinski definition) is 1. The third-order valence-electron chi connectivity index (χ3n) is 6.67. The lowest BCUT2D eigenvalue weighted by atomic mass is 9.84. The van der Waals surface area contributed by atoms with Crippen LogP contribution in [0.5, 0.6) is 0 Å². The Bertz CT molecular complexity index is 973. The standard InChI is InChI=1S/C22H26F3N5O2/c23-22(24,25)17-5-3-13(4-6-17)15-9-16(20-27-19(28-32-20)14-1-2-14)11-30(10-15)21(31)29-8-7-18(26)12-29/h3-6,14-16,18H,1-2,7-12,26H2. The lowest BCUT2D eigenvalue weighted by Gasteiger charge is -2.38. The fourth-order valence-corrected chi connectivity index (χ4v) is 4.70. The van der Waals surface area contributed by atoms with Crippen molar-refractivity contribution in [3.8, 4) is 0 Å². The van der Waals surface area contributed by atoms with Crippen molar-refractivity contribution in [2.75, 3.05) is 26.2 Å². The number of piperidine rings is 1. The summed E-state index contributed by atoms with van der Waals surface area (Å²) in [5.41, 5.74) is 6.06. The van der Waals surface area contributed by atoms with E-state index in [1.807, 2.05) is 0 Å². The van der Waals surface area contributed by atoms with Crippen molar-refractivity contribution >= 4 is 6.03 Å². The highest BCUT2D eigenvalue weighted by Gasteiger charge is 2.39. The maximum Gasteiger partial charge on any atom is 0.416 e. The number of hydrogen-bond acceptors (Lipinski definition) is 5. The second kappa shape index (κ2) is 8.06. The zero-order chi connectivity index (χ0) is 22.5. The average Bonchev–Trinajstić information content (AvgIpc) is 3.34. The molecule has 0 spiro atoms. The molecule has 1 aliphatic carbocycles. The van der Waals surface area contributed by atoms with Crippen LogP contribution in [-0.4, -0.2) is 58.2 Å². The van der Waals surface area contributed by atoms with Gasteiger partial charge < -0.3 is 20.1 Å². The molecule has 1 aromatic heterocycles. The van der Waals surface area contributed by atoms with Crippen LogP contribution >= 0.6 is 0 Å². The number of likely N-dealkylation sites (tertiary alicyclic amines) is 2. The average molecular weight is 449 g/mol. The number of rotatable bonds is 3. The van der Waals surface area contributed by atoms with Crippen molar-refractivity contribution in [1.29, 1.82) is 0 Å². The highest BCUT2D eigenvalue weighted by atomic mass is 19.4. The van der Waals surface area contributed by atoms with Gasteiger partial charge in [-0.1, -0.05) is 17.3 Å². The van der Waals surface area contributed by atoms with Crippen molar-refractivity contribution in [1.82, 2.24) is 19.9 Å². The summed E-state index contributed by atoms with van der Waals surface area (Å²) in [4.78, 5) is 21.3. The smallest absolute Gasteiger partial charge is 0.339 e. The monoisotopic (exact) mass is 449 g/mol. The Morgan fingerprint density at radius 1 is 1.00 bits per heavy atom. The van der Waals surface area contributed by atoms with Gasteiger partial charge in [0.15, 0.2) is 5.82 Å². The van der Waals surface area contributed by atoms with E-state index in [1.54, 1.807) is 9.80 Å². The van der Waals surface area contributed by atoms with Crippen molar-refractivity contribution in [3.05, 3.63) is 47.1 Å². The van der Waals surface area contributed by atoms with E-state index in [-0.39, 0.29) is 23.9 Å². The molecule has 1 aromatic carbocycles. The summed E-state index contributed by atoms with van der Waals surface area (Å²) in [5, 5.41) is 4.11. The Morgan fingerprint density at radius 2 is 1.72 bits per heavy atom. The number of aromatic nitrogens is 2. The minimum Gasteiger partial charge on any atom is -0.339 e. The number of nitrogens with zero attached hydrogens (tertiary/aromatic N) is 4. The molecule has 3 fully saturated rings. The van der Waals surface area contributed by atoms with Crippen LogP contribution < -0.4 is 5.73 Å². The van der Waals surface area contributed by atoms with Crippen molar-refractivity contribution < 1.29 is 22.5 Å². The lowest BCUT2D eigenvalue weighted by molar-refractivity contribution is -0.137. The van der Waals surface area contributed by atoms with Gasteiger partial charge in [-0.25, -0.2) is 4.79 Å². The number of benzene rings is 1. The molecule has 0 radical (unpaired) electrons. The van der Waals surface area contributed by atoms with E-state index >= 15 is 0 Å². The predicted molar refractivity (Wildman–Crippen MR) is 109 cm³/mol. The Kier molecular flexibility index (Phi) is 5.35. The van der Waals surface area contributed by atoms with E-state index in [0.717, 1.165) is 37.0 Å². The molecule has 2 aromatic rings. The molecule has 172 valence electrons. The summed E-state index contributed by atoms with van der Waals surface area (Å²) in [7, 11) is 0. The molecule has 2 aliphatic heterocycles. The highest BCUT2D eigenvalue weighted by molar-refractivity contribution is 5.75. The molecule has 2 amide bonds. The molecule has 1 saturated carbocycles. The number of urea groups is 1. The largest absolute Gasteiger partial charge is 0.416 e. The Balaban J connectivity index is 1.39. The van der Waals surface area contributed by atoms with Gasteiger partial charge in [0.2, 0.25) is 5.89 Å². The summed E-state index contributed by atoms with van der Waals surface area (Å²) < 4.78 is 44.5. The molecule has 3 unspecified atom stereocenters. The number of halogens is 3. The number of nitrogens with two attached hydrogens (primary N) is 1. The first-order chi connectivity index (χ1) is 15.3. The summed E-state index contributed by atoms with van der Waals surface area (Å²) in [6, 6.07) is 5.09. The second-order valence-electron chi connectivity index (χ2n) is 9.20. The number of alkyl halides is 3. The van der Waals surface area contributed by atoms with Crippen LogP contribution in [-0.2, 0) is 6.18 Å². The quantitative estimate of drug-likeness (QED) is 0.772. The van der Waals surface area contributed by atoms with E-state index in [4.69, 9.17) is 10.3 Å². The fraction of sp³-hybridized carbons (Fsp3) is 0.591. The molecule has 32 heavy (non-hydrogen) atoms. The first kappa shape index (κ1) is 21.2. The van der Waals surface area contributed by atoms with Crippen LogP contribution in [0.2, 0.25) is 0 Å². The predicted octanol–water partition coefficient (Wildman–Crippen LogP) is 3.69. The Hall–Kier alpha value is -2.62. The lowest BCUT2D eigenvalue weighted by Crippen LogP contribution is -2.48. The second-order valence-corrected chi connectivity index (χ2v) is 9.20. The van der Waals surface area contributed by atoms with Gasteiger partial charge >= 0.3 is 12.2 Å². The van der Waals surface area contributed by atoms with E-state index in [9.17, 15) is 18.0 Å². The van der Waals surface area contributed by atoms with Gasteiger partial charge in [0, 0.05) is 44.1 Å². The minimum atomic E-state index is -4.38. The molecule has 3 heterocycles. The minimum absolute atomic E-state index is 0.0257. The van der Waals surface area contributed by atoms with Crippen molar-refractivity contribution in [2.45, 2.75) is 55.7 Å². The molecule has 3 aliphatic rings. The maximum atomic E-state index is 13.2. The first-order valence-corrected chi connectivity index (χ1v) is 11.1. The van der Waals surface area contributed by atoms with Gasteiger partial charge in [0.1, 0.15) is 0 Å². The molecule has 2 saturated heterocycles. The van der Waals surface area contributed by atoms with Crippen molar-refractivity contribution in [3.63, 3.8) is 0 Å². The molecule has 2 N–H and O–H groups in total. The summed E-state index contributed by atoms with van der Waals surface area (Å²) in [6.07, 6.45) is -0.886. The van der Waals surface area contributed by atoms with Gasteiger partial charge in [-0.15, -0.1) is 0 Å². The van der Waals surface area contributed by atoms with Crippen molar-refractivity contribution in [2.24, 2.45) is 5.73 Å². The molecule has 7 nitrogen and oxygen atoms in total. The Labute approximate surface area is 183 Å². The molecular formula is C22H26F3N5O2. The van der Waals surface area contributed by atoms with Crippen LogP contribution in [0.15, 0.2) is 28.8 Å². The fourth-order valence-electron chi connectivity index (χ4n) is 4.70.